The van der Waals surface area contributed by atoms with Crippen LogP contribution in [0.2, 0.25) is 0 Å². The predicted octanol–water partition coefficient (Wildman–Crippen LogP) is 2.50. The minimum absolute atomic E-state index is 0.568. The van der Waals surface area contributed by atoms with Crippen molar-refractivity contribution in [2.24, 2.45) is 5.92 Å². The van der Waals surface area contributed by atoms with Gasteiger partial charge in [0.1, 0.15) is 0 Å². The van der Waals surface area contributed by atoms with E-state index in [1.54, 1.807) is 0 Å². The van der Waals surface area contributed by atoms with Crippen LogP contribution in [0.3, 0.4) is 0 Å². The first-order valence-electron chi connectivity index (χ1n) is 3.30. The van der Waals surface area contributed by atoms with Crippen LogP contribution in [-0.4, -0.2) is 0 Å². The number of allylic oxidation sites excluding steroid dienone is 1. The Hall–Kier alpha value is -0.770. The molecule has 0 amide bonds. The lowest BCUT2D eigenvalue weighted by atomic mass is 10.1. The number of unbranched alkanes of at least 4 members (excludes halogenated alkanes) is 1. The molecule has 0 bridgehead atoms. The maximum Gasteiger partial charge on any atom is 0.0621 e. The highest BCUT2D eigenvalue weighted by molar-refractivity contribution is 4.77. The van der Waals surface area contributed by atoms with Gasteiger partial charge in [-0.1, -0.05) is 13.0 Å². The average molecular weight is 123 g/mol. The molecule has 0 aromatic rings. The minimum Gasteiger partial charge on any atom is -0.198 e. The Labute approximate surface area is 57.0 Å². The molecule has 0 spiro atoms. The molecule has 0 unspecified atom stereocenters. The van der Waals surface area contributed by atoms with E-state index in [1.807, 2.05) is 6.08 Å². The van der Waals surface area contributed by atoms with Crippen molar-refractivity contribution in [2.75, 3.05) is 0 Å². The molecule has 0 heterocycles. The fourth-order valence-corrected chi connectivity index (χ4v) is 0.621. The van der Waals surface area contributed by atoms with Gasteiger partial charge in [-0.15, -0.1) is 6.58 Å². The molecule has 0 aromatic carbocycles. The topological polar surface area (TPSA) is 23.8 Å². The SMILES string of the molecule is C=C[C@H](C)CCCC#N. The van der Waals surface area contributed by atoms with E-state index in [4.69, 9.17) is 5.26 Å². The molecule has 1 nitrogen and oxygen atoms in total. The lowest BCUT2D eigenvalue weighted by molar-refractivity contribution is 0.616. The van der Waals surface area contributed by atoms with E-state index in [1.165, 1.54) is 0 Å². The first kappa shape index (κ1) is 8.23. The summed E-state index contributed by atoms with van der Waals surface area (Å²) < 4.78 is 0. The Bertz CT molecular complexity index is 110. The quantitative estimate of drug-likeness (QED) is 0.416. The van der Waals surface area contributed by atoms with Crippen LogP contribution in [0.1, 0.15) is 26.2 Å². The van der Waals surface area contributed by atoms with Crippen molar-refractivity contribution in [3.63, 3.8) is 0 Å². The Morgan fingerprint density at radius 2 is 2.44 bits per heavy atom. The zero-order valence-corrected chi connectivity index (χ0v) is 5.93. The van der Waals surface area contributed by atoms with Gasteiger partial charge in [-0.3, -0.25) is 0 Å². The third-order valence-corrected chi connectivity index (χ3v) is 1.35. The third-order valence-electron chi connectivity index (χ3n) is 1.35. The lowest BCUT2D eigenvalue weighted by Crippen LogP contribution is -1.86. The summed E-state index contributed by atoms with van der Waals surface area (Å²) in [5, 5.41) is 8.18. The molecule has 0 N–H and O–H groups in total. The molecular weight excluding hydrogens is 110 g/mol. The lowest BCUT2D eigenvalue weighted by Gasteiger charge is -2.00. The van der Waals surface area contributed by atoms with Crippen molar-refractivity contribution in [1.82, 2.24) is 0 Å². The molecule has 1 heteroatoms. The zero-order valence-electron chi connectivity index (χ0n) is 5.93. The van der Waals surface area contributed by atoms with E-state index in [0.717, 1.165) is 12.8 Å². The summed E-state index contributed by atoms with van der Waals surface area (Å²) in [7, 11) is 0. The molecule has 0 radical (unpaired) electrons. The summed E-state index contributed by atoms with van der Waals surface area (Å²) in [6.45, 7) is 5.77. The number of nitrogens with zero attached hydrogens (tertiary/aromatic N) is 1. The molecule has 0 aromatic heterocycles. The third kappa shape index (κ3) is 5.10. The minimum atomic E-state index is 0.568. The van der Waals surface area contributed by atoms with Gasteiger partial charge in [0.25, 0.3) is 0 Å². The Kier molecular flexibility index (Phi) is 4.91. The molecule has 0 saturated carbocycles. The maximum atomic E-state index is 8.18. The van der Waals surface area contributed by atoms with Crippen molar-refractivity contribution >= 4 is 0 Å². The van der Waals surface area contributed by atoms with E-state index < -0.39 is 0 Å². The molecule has 50 valence electrons. The number of nitriles is 1. The van der Waals surface area contributed by atoms with Crippen LogP contribution in [0.15, 0.2) is 12.7 Å². The second-order valence-electron chi connectivity index (χ2n) is 2.26. The van der Waals surface area contributed by atoms with Gasteiger partial charge in [-0.25, -0.2) is 0 Å². The van der Waals surface area contributed by atoms with Crippen molar-refractivity contribution < 1.29 is 0 Å². The van der Waals surface area contributed by atoms with Gasteiger partial charge < -0.3 is 0 Å². The van der Waals surface area contributed by atoms with E-state index in [2.05, 4.69) is 19.6 Å². The normalized spacial score (nSPS) is 12.0. The fourth-order valence-electron chi connectivity index (χ4n) is 0.621. The van der Waals surface area contributed by atoms with Gasteiger partial charge in [0.2, 0.25) is 0 Å². The molecule has 0 fully saturated rings. The molecule has 0 aliphatic heterocycles. The second kappa shape index (κ2) is 5.37. The monoisotopic (exact) mass is 123 g/mol. The van der Waals surface area contributed by atoms with E-state index in [0.29, 0.717) is 12.3 Å². The summed E-state index contributed by atoms with van der Waals surface area (Å²) in [5.74, 6) is 0.568. The first-order chi connectivity index (χ1) is 4.31. The van der Waals surface area contributed by atoms with Gasteiger partial charge >= 0.3 is 0 Å². The van der Waals surface area contributed by atoms with Gasteiger partial charge in [-0.05, 0) is 18.8 Å². The average Bonchev–Trinajstić information content (AvgIpc) is 1.89. The smallest absolute Gasteiger partial charge is 0.0621 e. The highest BCUT2D eigenvalue weighted by Gasteiger charge is 1.93. The maximum absolute atomic E-state index is 8.18. The first-order valence-corrected chi connectivity index (χ1v) is 3.30. The highest BCUT2D eigenvalue weighted by atomic mass is 14.2. The van der Waals surface area contributed by atoms with Gasteiger partial charge in [-0.2, -0.15) is 5.26 Å². The molecule has 0 aliphatic rings. The fraction of sp³-hybridized carbons (Fsp3) is 0.625. The molecular formula is C8H13N. The molecule has 1 atom stereocenters. The van der Waals surface area contributed by atoms with Crippen LogP contribution in [0.4, 0.5) is 0 Å². The molecule has 0 rings (SSSR count). The summed E-state index contributed by atoms with van der Waals surface area (Å²) in [6, 6.07) is 2.11. The highest BCUT2D eigenvalue weighted by Crippen LogP contribution is 2.06. The zero-order chi connectivity index (χ0) is 7.11. The summed E-state index contributed by atoms with van der Waals surface area (Å²) in [4.78, 5) is 0. The Morgan fingerprint density at radius 1 is 1.78 bits per heavy atom. The Morgan fingerprint density at radius 3 is 2.89 bits per heavy atom. The van der Waals surface area contributed by atoms with Gasteiger partial charge in [0.05, 0.1) is 6.07 Å². The van der Waals surface area contributed by atoms with Crippen LogP contribution in [0.25, 0.3) is 0 Å². The van der Waals surface area contributed by atoms with Crippen LogP contribution in [-0.2, 0) is 0 Å². The summed E-state index contributed by atoms with van der Waals surface area (Å²) in [6.07, 6.45) is 4.70. The molecule has 0 saturated heterocycles. The largest absolute Gasteiger partial charge is 0.198 e. The van der Waals surface area contributed by atoms with E-state index in [-0.39, 0.29) is 0 Å². The van der Waals surface area contributed by atoms with Crippen molar-refractivity contribution in [3.05, 3.63) is 12.7 Å². The summed E-state index contributed by atoms with van der Waals surface area (Å²) >= 11 is 0. The van der Waals surface area contributed by atoms with Crippen LogP contribution in [0.5, 0.6) is 0 Å². The molecule has 0 aliphatic carbocycles. The summed E-state index contributed by atoms with van der Waals surface area (Å²) in [5.41, 5.74) is 0. The van der Waals surface area contributed by atoms with Gasteiger partial charge in [0.15, 0.2) is 0 Å². The Balaban J connectivity index is 3.08. The van der Waals surface area contributed by atoms with Crippen molar-refractivity contribution in [1.29, 1.82) is 5.26 Å². The second-order valence-corrected chi connectivity index (χ2v) is 2.26. The van der Waals surface area contributed by atoms with E-state index >= 15 is 0 Å². The van der Waals surface area contributed by atoms with Crippen molar-refractivity contribution in [3.8, 4) is 6.07 Å². The van der Waals surface area contributed by atoms with E-state index in [9.17, 15) is 0 Å². The number of rotatable bonds is 4. The standard InChI is InChI=1S/C8H13N/c1-3-8(2)6-4-5-7-9/h3,8H,1,4-6H2,2H3/t8-/m0/s1. The molecule has 9 heavy (non-hydrogen) atoms. The number of hydrogen-bond acceptors (Lipinski definition) is 1. The van der Waals surface area contributed by atoms with Crippen molar-refractivity contribution in [2.45, 2.75) is 26.2 Å². The van der Waals surface area contributed by atoms with Crippen LogP contribution in [0, 0.1) is 17.2 Å². The van der Waals surface area contributed by atoms with Gasteiger partial charge in [0, 0.05) is 6.42 Å². The van der Waals surface area contributed by atoms with Crippen LogP contribution < -0.4 is 0 Å². The number of hydrogen-bond donors (Lipinski definition) is 0. The predicted molar refractivity (Wildman–Crippen MR) is 38.8 cm³/mol. The van der Waals surface area contributed by atoms with Crippen LogP contribution >= 0.6 is 0 Å².